The highest BCUT2D eigenvalue weighted by atomic mass is 35.5. The van der Waals surface area contributed by atoms with Crippen molar-refractivity contribution < 1.29 is 14.4 Å². The Morgan fingerprint density at radius 2 is 1.71 bits per heavy atom. The fourth-order valence-electron chi connectivity index (χ4n) is 6.95. The van der Waals surface area contributed by atoms with Gasteiger partial charge in [0.2, 0.25) is 17.7 Å². The normalized spacial score (nSPS) is 24.0. The number of nitrogens with zero attached hydrogens (tertiary/aromatic N) is 3. The van der Waals surface area contributed by atoms with Gasteiger partial charge in [-0.3, -0.25) is 14.4 Å². The molecule has 2 heterocycles. The van der Waals surface area contributed by atoms with Gasteiger partial charge in [-0.15, -0.1) is 0 Å². The van der Waals surface area contributed by atoms with Gasteiger partial charge in [0.05, 0.1) is 6.67 Å². The molecular weight excluding hydrogens is 538 g/mol. The predicted octanol–water partition coefficient (Wildman–Crippen LogP) is 3.98. The Bertz CT molecular complexity index is 1240. The SMILES string of the molecule is CN(C)C1(Cc2cccc(Cl)c2)CCC(NC(=O)CCC(=O)N2CCC3(CC2)C(=O)NCN3c2ccccc2)CC1. The summed E-state index contributed by atoms with van der Waals surface area (Å²) in [6, 6.07) is 18.2. The lowest BCUT2D eigenvalue weighted by Crippen LogP contribution is -2.57. The molecule has 1 spiro atoms. The summed E-state index contributed by atoms with van der Waals surface area (Å²) in [5.41, 5.74) is 1.67. The maximum Gasteiger partial charge on any atom is 0.247 e. The van der Waals surface area contributed by atoms with E-state index in [0.29, 0.717) is 32.6 Å². The number of rotatable bonds is 8. The van der Waals surface area contributed by atoms with Crippen LogP contribution in [0.2, 0.25) is 5.02 Å². The summed E-state index contributed by atoms with van der Waals surface area (Å²) in [6.45, 7) is 1.51. The van der Waals surface area contributed by atoms with E-state index < -0.39 is 5.54 Å². The smallest absolute Gasteiger partial charge is 0.247 e. The van der Waals surface area contributed by atoms with Crippen LogP contribution in [0.1, 0.15) is 56.9 Å². The number of likely N-dealkylation sites (tertiary alicyclic amines) is 1. The highest BCUT2D eigenvalue weighted by Crippen LogP contribution is 2.37. The van der Waals surface area contributed by atoms with Gasteiger partial charge in [-0.1, -0.05) is 41.9 Å². The van der Waals surface area contributed by atoms with Crippen LogP contribution < -0.4 is 15.5 Å². The molecule has 2 aromatic carbocycles. The number of nitrogens with one attached hydrogen (secondary N) is 2. The second kappa shape index (κ2) is 12.4. The Balaban J connectivity index is 1.07. The number of anilines is 1. The van der Waals surface area contributed by atoms with E-state index >= 15 is 0 Å². The van der Waals surface area contributed by atoms with E-state index in [4.69, 9.17) is 11.6 Å². The molecule has 9 heteroatoms. The first kappa shape index (κ1) is 29.4. The molecule has 1 saturated carbocycles. The van der Waals surface area contributed by atoms with Crippen LogP contribution in [0.15, 0.2) is 54.6 Å². The van der Waals surface area contributed by atoms with Crippen LogP contribution in [-0.2, 0) is 20.8 Å². The first-order valence-electron chi connectivity index (χ1n) is 14.8. The van der Waals surface area contributed by atoms with Crippen molar-refractivity contribution >= 4 is 35.0 Å². The minimum atomic E-state index is -0.620. The zero-order chi connectivity index (χ0) is 29.0. The fourth-order valence-corrected chi connectivity index (χ4v) is 7.16. The van der Waals surface area contributed by atoms with Gasteiger partial charge in [-0.25, -0.2) is 0 Å². The minimum absolute atomic E-state index is 0.0172. The molecule has 8 nitrogen and oxygen atoms in total. The van der Waals surface area contributed by atoms with E-state index in [1.807, 2.05) is 53.4 Å². The molecular formula is C32H42ClN5O3. The Hall–Kier alpha value is -3.10. The molecule has 0 radical (unpaired) electrons. The van der Waals surface area contributed by atoms with Crippen LogP contribution in [-0.4, -0.2) is 78.5 Å². The number of likely N-dealkylation sites (N-methyl/N-ethyl adjacent to an activating group) is 1. The van der Waals surface area contributed by atoms with Crippen LogP contribution in [0.5, 0.6) is 0 Å². The van der Waals surface area contributed by atoms with Crippen molar-refractivity contribution in [3.8, 4) is 0 Å². The average Bonchev–Trinajstić information content (AvgIpc) is 3.28. The number of amides is 3. The number of para-hydroxylation sites is 1. The first-order valence-corrected chi connectivity index (χ1v) is 15.2. The van der Waals surface area contributed by atoms with Crippen LogP contribution in [0.4, 0.5) is 5.69 Å². The Kier molecular flexibility index (Phi) is 8.90. The Labute approximate surface area is 248 Å². The van der Waals surface area contributed by atoms with Crippen LogP contribution in [0.25, 0.3) is 0 Å². The van der Waals surface area contributed by atoms with Gasteiger partial charge in [-0.05, 0) is 88.9 Å². The minimum Gasteiger partial charge on any atom is -0.353 e. The van der Waals surface area contributed by atoms with Gasteiger partial charge in [0.25, 0.3) is 0 Å². The summed E-state index contributed by atoms with van der Waals surface area (Å²) in [6.07, 6.45) is 6.26. The topological polar surface area (TPSA) is 85.0 Å². The highest BCUT2D eigenvalue weighted by Gasteiger charge is 2.50. The maximum atomic E-state index is 13.0. The van der Waals surface area contributed by atoms with Crippen molar-refractivity contribution in [1.82, 2.24) is 20.4 Å². The molecule has 2 saturated heterocycles. The summed E-state index contributed by atoms with van der Waals surface area (Å²) >= 11 is 6.23. The summed E-state index contributed by atoms with van der Waals surface area (Å²) in [4.78, 5) is 45.0. The summed E-state index contributed by atoms with van der Waals surface area (Å²) < 4.78 is 0. The van der Waals surface area contributed by atoms with E-state index in [-0.39, 0.29) is 42.1 Å². The number of hydrogen-bond acceptors (Lipinski definition) is 5. The van der Waals surface area contributed by atoms with Gasteiger partial charge < -0.3 is 25.3 Å². The number of hydrogen-bond donors (Lipinski definition) is 2. The molecule has 3 aliphatic rings. The summed E-state index contributed by atoms with van der Waals surface area (Å²) in [7, 11) is 4.27. The van der Waals surface area contributed by atoms with Crippen molar-refractivity contribution in [3.05, 3.63) is 65.2 Å². The molecule has 2 aromatic rings. The molecule has 3 fully saturated rings. The van der Waals surface area contributed by atoms with Crippen molar-refractivity contribution in [2.75, 3.05) is 38.8 Å². The lowest BCUT2D eigenvalue weighted by atomic mass is 9.75. The molecule has 220 valence electrons. The fraction of sp³-hybridized carbons (Fsp3) is 0.531. The first-order chi connectivity index (χ1) is 19.7. The monoisotopic (exact) mass is 579 g/mol. The van der Waals surface area contributed by atoms with Crippen LogP contribution >= 0.6 is 11.6 Å². The Morgan fingerprint density at radius 3 is 2.37 bits per heavy atom. The summed E-state index contributed by atoms with van der Waals surface area (Å²) in [5.74, 6) is -0.0444. The molecule has 0 unspecified atom stereocenters. The number of benzene rings is 2. The van der Waals surface area contributed by atoms with E-state index in [2.05, 4.69) is 40.6 Å². The molecule has 0 bridgehead atoms. The molecule has 1 aliphatic carbocycles. The number of carbonyl (C=O) groups is 3. The van der Waals surface area contributed by atoms with Crippen molar-refractivity contribution in [2.45, 2.75) is 74.9 Å². The number of piperidine rings is 1. The van der Waals surface area contributed by atoms with E-state index in [9.17, 15) is 14.4 Å². The van der Waals surface area contributed by atoms with Gasteiger partial charge in [0.1, 0.15) is 5.54 Å². The van der Waals surface area contributed by atoms with Gasteiger partial charge >= 0.3 is 0 Å². The van der Waals surface area contributed by atoms with Gasteiger partial charge in [-0.2, -0.15) is 0 Å². The third kappa shape index (κ3) is 6.38. The second-order valence-electron chi connectivity index (χ2n) is 12.1. The number of halogens is 1. The maximum absolute atomic E-state index is 13.0. The number of carbonyl (C=O) groups excluding carboxylic acids is 3. The van der Waals surface area contributed by atoms with Crippen LogP contribution in [0.3, 0.4) is 0 Å². The highest BCUT2D eigenvalue weighted by molar-refractivity contribution is 6.30. The molecule has 3 amide bonds. The van der Waals surface area contributed by atoms with E-state index in [1.54, 1.807) is 0 Å². The van der Waals surface area contributed by atoms with E-state index in [0.717, 1.165) is 42.8 Å². The molecule has 5 rings (SSSR count). The van der Waals surface area contributed by atoms with Crippen molar-refractivity contribution in [1.29, 1.82) is 0 Å². The average molecular weight is 580 g/mol. The van der Waals surface area contributed by atoms with Crippen molar-refractivity contribution in [3.63, 3.8) is 0 Å². The zero-order valence-electron chi connectivity index (χ0n) is 24.2. The lowest BCUT2D eigenvalue weighted by Gasteiger charge is -2.45. The van der Waals surface area contributed by atoms with Crippen molar-refractivity contribution in [2.24, 2.45) is 0 Å². The quantitative estimate of drug-likeness (QED) is 0.494. The summed E-state index contributed by atoms with van der Waals surface area (Å²) in [5, 5.41) is 6.95. The predicted molar refractivity (Wildman–Crippen MR) is 162 cm³/mol. The second-order valence-corrected chi connectivity index (χ2v) is 12.5. The molecule has 2 aliphatic heterocycles. The molecule has 2 N–H and O–H groups in total. The van der Waals surface area contributed by atoms with Crippen LogP contribution in [0, 0.1) is 0 Å². The third-order valence-electron chi connectivity index (χ3n) is 9.57. The lowest BCUT2D eigenvalue weighted by molar-refractivity contribution is -0.136. The Morgan fingerprint density at radius 1 is 1.00 bits per heavy atom. The third-order valence-corrected chi connectivity index (χ3v) is 9.80. The van der Waals surface area contributed by atoms with E-state index in [1.165, 1.54) is 5.56 Å². The molecule has 0 aromatic heterocycles. The molecule has 0 atom stereocenters. The standard InChI is InChI=1S/C32H42ClN5O3/c1-36(2)31(22-24-7-6-8-25(33)21-24)15-13-26(14-16-31)35-28(39)11-12-29(40)37-19-17-32(18-20-37)30(41)34-23-38(32)27-9-4-3-5-10-27/h3-10,21,26H,11-20,22-23H2,1-2H3,(H,34,41)(H,35,39). The van der Waals surface area contributed by atoms with Gasteiger partial charge in [0.15, 0.2) is 0 Å². The zero-order valence-corrected chi connectivity index (χ0v) is 25.0. The molecule has 41 heavy (non-hydrogen) atoms. The largest absolute Gasteiger partial charge is 0.353 e. The van der Waals surface area contributed by atoms with Gasteiger partial charge in [0, 0.05) is 48.2 Å².